The lowest BCUT2D eigenvalue weighted by atomic mass is 9.95. The van der Waals surface area contributed by atoms with Crippen LogP contribution < -0.4 is 10.6 Å². The Balaban J connectivity index is 0.00000192. The molecule has 0 amide bonds. The summed E-state index contributed by atoms with van der Waals surface area (Å²) >= 11 is 0. The van der Waals surface area contributed by atoms with Crippen molar-refractivity contribution < 1.29 is 4.39 Å². The van der Waals surface area contributed by atoms with E-state index in [1.807, 2.05) is 19.2 Å². The maximum Gasteiger partial charge on any atom is 0.191 e. The third-order valence-electron chi connectivity index (χ3n) is 5.07. The second-order valence-corrected chi connectivity index (χ2v) is 6.69. The van der Waals surface area contributed by atoms with Crippen LogP contribution >= 0.6 is 24.0 Å². The van der Waals surface area contributed by atoms with Gasteiger partial charge in [0.1, 0.15) is 5.82 Å². The average Bonchev–Trinajstić information content (AvgIpc) is 3.34. The van der Waals surface area contributed by atoms with E-state index in [0.29, 0.717) is 6.04 Å². The quantitative estimate of drug-likeness (QED) is 0.430. The second kappa shape index (κ2) is 8.31. The molecule has 0 bridgehead atoms. The van der Waals surface area contributed by atoms with E-state index in [2.05, 4.69) is 15.6 Å². The molecule has 2 N–H and O–H groups in total. The van der Waals surface area contributed by atoms with Crippen molar-refractivity contribution in [3.8, 4) is 0 Å². The van der Waals surface area contributed by atoms with Crippen molar-refractivity contribution in [1.82, 2.24) is 10.6 Å². The maximum absolute atomic E-state index is 13.1. The third kappa shape index (κ3) is 4.81. The van der Waals surface area contributed by atoms with Crippen molar-refractivity contribution >= 4 is 29.9 Å². The minimum atomic E-state index is -0.165. The normalized spacial score (nSPS) is 20.5. The fraction of sp³-hybridized carbons (Fsp3) is 0.611. The summed E-state index contributed by atoms with van der Waals surface area (Å²) in [7, 11) is 1.83. The average molecular weight is 431 g/mol. The first-order valence-corrected chi connectivity index (χ1v) is 8.45. The molecule has 2 aliphatic carbocycles. The van der Waals surface area contributed by atoms with Gasteiger partial charge in [0, 0.05) is 25.0 Å². The Kier molecular flexibility index (Phi) is 6.68. The van der Waals surface area contributed by atoms with Gasteiger partial charge in [0.25, 0.3) is 0 Å². The molecule has 1 aromatic rings. The minimum absolute atomic E-state index is 0. The summed E-state index contributed by atoms with van der Waals surface area (Å²) in [6, 6.07) is 7.51. The fourth-order valence-corrected chi connectivity index (χ4v) is 3.41. The van der Waals surface area contributed by atoms with Crippen molar-refractivity contribution in [3.05, 3.63) is 35.6 Å². The zero-order valence-electron chi connectivity index (χ0n) is 13.8. The molecular weight excluding hydrogens is 404 g/mol. The first kappa shape index (κ1) is 18.5. The van der Waals surface area contributed by atoms with Gasteiger partial charge in [0.2, 0.25) is 0 Å². The summed E-state index contributed by atoms with van der Waals surface area (Å²) in [6.07, 6.45) is 8.78. The Morgan fingerprint density at radius 3 is 2.39 bits per heavy atom. The first-order chi connectivity index (χ1) is 10.7. The lowest BCUT2D eigenvalue weighted by Gasteiger charge is -2.26. The van der Waals surface area contributed by atoms with Crippen molar-refractivity contribution in [1.29, 1.82) is 0 Å². The van der Waals surface area contributed by atoms with Gasteiger partial charge < -0.3 is 10.6 Å². The molecule has 2 saturated carbocycles. The fourth-order valence-electron chi connectivity index (χ4n) is 3.41. The summed E-state index contributed by atoms with van der Waals surface area (Å²) in [6.45, 7) is 0.866. The summed E-state index contributed by atoms with van der Waals surface area (Å²) in [4.78, 5) is 4.36. The van der Waals surface area contributed by atoms with Crippen LogP contribution in [-0.2, 0) is 5.41 Å². The number of hydrogen-bond donors (Lipinski definition) is 2. The molecule has 2 aliphatic rings. The molecule has 23 heavy (non-hydrogen) atoms. The van der Waals surface area contributed by atoms with E-state index in [9.17, 15) is 4.39 Å². The minimum Gasteiger partial charge on any atom is -0.356 e. The zero-order chi connectivity index (χ0) is 15.4. The molecule has 0 radical (unpaired) electrons. The molecule has 128 valence electrons. The van der Waals surface area contributed by atoms with Crippen LogP contribution in [0.3, 0.4) is 0 Å². The van der Waals surface area contributed by atoms with Gasteiger partial charge in [-0.2, -0.15) is 0 Å². The molecule has 3 nitrogen and oxygen atoms in total. The molecule has 0 heterocycles. The van der Waals surface area contributed by atoms with Crippen LogP contribution in [0.2, 0.25) is 0 Å². The molecule has 0 aromatic heterocycles. The highest BCUT2D eigenvalue weighted by atomic mass is 127. The number of rotatable bonds is 4. The van der Waals surface area contributed by atoms with Gasteiger partial charge in [-0.3, -0.25) is 4.99 Å². The predicted molar refractivity (Wildman–Crippen MR) is 104 cm³/mol. The van der Waals surface area contributed by atoms with Gasteiger partial charge in [0.15, 0.2) is 5.96 Å². The second-order valence-electron chi connectivity index (χ2n) is 6.69. The number of aliphatic imine (C=N–C) groups is 1. The van der Waals surface area contributed by atoms with Crippen molar-refractivity contribution in [3.63, 3.8) is 0 Å². The number of nitrogens with one attached hydrogen (secondary N) is 2. The van der Waals surface area contributed by atoms with Gasteiger partial charge >= 0.3 is 0 Å². The van der Waals surface area contributed by atoms with E-state index in [1.54, 1.807) is 12.1 Å². The SMILES string of the molecule is CN=C(NCC1(c2ccc(F)cc2)CC1)NC1CCCCC1.I. The lowest BCUT2D eigenvalue weighted by Crippen LogP contribution is -2.46. The van der Waals surface area contributed by atoms with E-state index >= 15 is 0 Å². The zero-order valence-corrected chi connectivity index (χ0v) is 16.1. The molecular formula is C18H27FIN3. The van der Waals surface area contributed by atoms with E-state index in [0.717, 1.165) is 25.3 Å². The van der Waals surface area contributed by atoms with Gasteiger partial charge in [-0.15, -0.1) is 24.0 Å². The summed E-state index contributed by atoms with van der Waals surface area (Å²) in [5, 5.41) is 7.02. The summed E-state index contributed by atoms with van der Waals surface area (Å²) < 4.78 is 13.1. The molecule has 2 fully saturated rings. The highest BCUT2D eigenvalue weighted by Gasteiger charge is 2.44. The first-order valence-electron chi connectivity index (χ1n) is 8.45. The van der Waals surface area contributed by atoms with Gasteiger partial charge in [0.05, 0.1) is 0 Å². The van der Waals surface area contributed by atoms with Crippen molar-refractivity contribution in [2.45, 2.75) is 56.4 Å². The number of guanidine groups is 1. The van der Waals surface area contributed by atoms with E-state index in [4.69, 9.17) is 0 Å². The standard InChI is InChI=1S/C18H26FN3.HI/c1-20-17(22-16-5-3-2-4-6-16)21-13-18(11-12-18)14-7-9-15(19)10-8-14;/h7-10,16H,2-6,11-13H2,1H3,(H2,20,21,22);1H. The molecule has 0 saturated heterocycles. The van der Waals surface area contributed by atoms with Crippen LogP contribution in [0.5, 0.6) is 0 Å². The van der Waals surface area contributed by atoms with Crippen molar-refractivity contribution in [2.24, 2.45) is 4.99 Å². The van der Waals surface area contributed by atoms with Gasteiger partial charge in [-0.1, -0.05) is 31.4 Å². The maximum atomic E-state index is 13.1. The van der Waals surface area contributed by atoms with E-state index < -0.39 is 0 Å². The molecule has 0 aliphatic heterocycles. The smallest absolute Gasteiger partial charge is 0.191 e. The van der Waals surface area contributed by atoms with Crippen LogP contribution in [0, 0.1) is 5.82 Å². The van der Waals surface area contributed by atoms with Crippen LogP contribution in [0.1, 0.15) is 50.5 Å². The van der Waals surface area contributed by atoms with E-state index in [1.165, 1.54) is 37.7 Å². The summed E-state index contributed by atoms with van der Waals surface area (Å²) in [5.41, 5.74) is 1.40. The Labute approximate surface area is 155 Å². The van der Waals surface area contributed by atoms with Crippen LogP contribution in [0.15, 0.2) is 29.3 Å². The Morgan fingerprint density at radius 1 is 1.17 bits per heavy atom. The number of benzene rings is 1. The van der Waals surface area contributed by atoms with Gasteiger partial charge in [-0.05, 0) is 43.4 Å². The predicted octanol–water partition coefficient (Wildman–Crippen LogP) is 3.97. The third-order valence-corrected chi connectivity index (χ3v) is 5.07. The molecule has 0 unspecified atom stereocenters. The highest BCUT2D eigenvalue weighted by molar-refractivity contribution is 14.0. The van der Waals surface area contributed by atoms with Crippen LogP contribution in [0.25, 0.3) is 0 Å². The monoisotopic (exact) mass is 431 g/mol. The topological polar surface area (TPSA) is 36.4 Å². The number of halogens is 2. The Morgan fingerprint density at radius 2 is 1.83 bits per heavy atom. The molecule has 0 spiro atoms. The van der Waals surface area contributed by atoms with Crippen molar-refractivity contribution in [2.75, 3.05) is 13.6 Å². The van der Waals surface area contributed by atoms with Crippen LogP contribution in [0.4, 0.5) is 4.39 Å². The largest absolute Gasteiger partial charge is 0.356 e. The number of nitrogens with zero attached hydrogens (tertiary/aromatic N) is 1. The van der Waals surface area contributed by atoms with Gasteiger partial charge in [-0.25, -0.2) is 4.39 Å². The molecule has 5 heteroatoms. The lowest BCUT2D eigenvalue weighted by molar-refractivity contribution is 0.409. The number of hydrogen-bond acceptors (Lipinski definition) is 1. The highest BCUT2D eigenvalue weighted by Crippen LogP contribution is 2.47. The molecule has 0 atom stereocenters. The Hall–Kier alpha value is -0.850. The van der Waals surface area contributed by atoms with E-state index in [-0.39, 0.29) is 35.2 Å². The Bertz CT molecular complexity index is 520. The molecule has 1 aromatic carbocycles. The molecule has 3 rings (SSSR count). The van der Waals surface area contributed by atoms with Crippen LogP contribution in [-0.4, -0.2) is 25.6 Å². The summed E-state index contributed by atoms with van der Waals surface area (Å²) in [5.74, 6) is 0.738.